The summed E-state index contributed by atoms with van der Waals surface area (Å²) in [6.07, 6.45) is 1.60. The van der Waals surface area contributed by atoms with Crippen LogP contribution in [0.4, 0.5) is 0 Å². The maximum Gasteiger partial charge on any atom is 0.227 e. The number of hydrogen-bond acceptors (Lipinski definition) is 6. The number of benzene rings is 3. The van der Waals surface area contributed by atoms with Gasteiger partial charge >= 0.3 is 0 Å². The zero-order valence-electron chi connectivity index (χ0n) is 22.2. The van der Waals surface area contributed by atoms with Crippen molar-refractivity contribution < 1.29 is 19.3 Å². The Hall–Kier alpha value is -3.81. The van der Waals surface area contributed by atoms with Crippen LogP contribution >= 0.6 is 0 Å². The second kappa shape index (κ2) is 11.7. The molecule has 1 saturated carbocycles. The van der Waals surface area contributed by atoms with E-state index in [9.17, 15) is 5.11 Å². The maximum atomic E-state index is 10.9. The van der Waals surface area contributed by atoms with E-state index in [2.05, 4.69) is 4.90 Å². The molecule has 3 aromatic carbocycles. The molecule has 7 nitrogen and oxygen atoms in total. The molecule has 1 unspecified atom stereocenters. The number of methoxy groups -OCH3 is 1. The third-order valence-corrected chi connectivity index (χ3v) is 6.81. The molecule has 0 radical (unpaired) electrons. The molecule has 1 aromatic heterocycles. The minimum absolute atomic E-state index is 0.237. The highest BCUT2D eigenvalue weighted by molar-refractivity contribution is 5.47. The first-order chi connectivity index (χ1) is 18.5. The van der Waals surface area contributed by atoms with E-state index in [4.69, 9.17) is 19.3 Å². The quantitative estimate of drug-likeness (QED) is 0.262. The molecule has 198 valence electrons. The summed E-state index contributed by atoms with van der Waals surface area (Å²) in [6, 6.07) is 25.9. The predicted octanol–water partition coefficient (Wildman–Crippen LogP) is 5.69. The number of rotatable bonds is 12. The van der Waals surface area contributed by atoms with Gasteiger partial charge in [-0.25, -0.2) is 4.68 Å². The molecule has 0 saturated heterocycles. The van der Waals surface area contributed by atoms with Crippen molar-refractivity contribution in [1.29, 1.82) is 0 Å². The number of para-hydroxylation sites is 4. The Morgan fingerprint density at radius 2 is 1.58 bits per heavy atom. The van der Waals surface area contributed by atoms with Crippen LogP contribution in [0.3, 0.4) is 0 Å². The van der Waals surface area contributed by atoms with Crippen LogP contribution in [0.5, 0.6) is 23.1 Å². The fraction of sp³-hybridized carbons (Fsp3) is 0.323. The van der Waals surface area contributed by atoms with E-state index in [-0.39, 0.29) is 6.61 Å². The van der Waals surface area contributed by atoms with Crippen molar-refractivity contribution in [2.24, 2.45) is 0 Å². The highest BCUT2D eigenvalue weighted by Crippen LogP contribution is 2.37. The predicted molar refractivity (Wildman–Crippen MR) is 147 cm³/mol. The minimum Gasteiger partial charge on any atom is -0.493 e. The van der Waals surface area contributed by atoms with E-state index >= 15 is 0 Å². The fourth-order valence-electron chi connectivity index (χ4n) is 4.59. The van der Waals surface area contributed by atoms with Crippen LogP contribution < -0.4 is 14.2 Å². The summed E-state index contributed by atoms with van der Waals surface area (Å²) in [6.45, 7) is 5.36. The standard InChI is InChI=1S/C31H35N3O4/c1-22-11-7-8-14-28(22)37-21-26(35)19-33(24-17-18-24)20-27-23(2)32-34(25-12-5-4-6-13-25)31(27)38-30-16-10-9-15-29(30)36-3/h4-16,24,26,35H,17-21H2,1-3H3. The number of aliphatic hydroxyl groups excluding tert-OH is 1. The molecule has 0 spiro atoms. The molecule has 38 heavy (non-hydrogen) atoms. The molecular formula is C31H35N3O4. The lowest BCUT2D eigenvalue weighted by Gasteiger charge is -2.25. The van der Waals surface area contributed by atoms with Gasteiger partial charge in [0.15, 0.2) is 11.5 Å². The van der Waals surface area contributed by atoms with E-state index in [0.29, 0.717) is 36.5 Å². The monoisotopic (exact) mass is 513 g/mol. The van der Waals surface area contributed by atoms with Gasteiger partial charge in [-0.15, -0.1) is 0 Å². The molecule has 4 aromatic rings. The summed E-state index contributed by atoms with van der Waals surface area (Å²) in [5, 5.41) is 15.8. The normalized spacial score (nSPS) is 13.9. The first-order valence-corrected chi connectivity index (χ1v) is 13.1. The molecule has 1 heterocycles. The first kappa shape index (κ1) is 25.8. The van der Waals surface area contributed by atoms with Gasteiger partial charge in [0.1, 0.15) is 18.5 Å². The lowest BCUT2D eigenvalue weighted by atomic mass is 10.2. The van der Waals surface area contributed by atoms with Gasteiger partial charge in [0.25, 0.3) is 0 Å². The Morgan fingerprint density at radius 3 is 2.26 bits per heavy atom. The van der Waals surface area contributed by atoms with Crippen LogP contribution in [0.25, 0.3) is 5.69 Å². The van der Waals surface area contributed by atoms with E-state index < -0.39 is 6.10 Å². The Labute approximate surface area is 224 Å². The number of aromatic nitrogens is 2. The van der Waals surface area contributed by atoms with Crippen LogP contribution in [0.15, 0.2) is 78.9 Å². The van der Waals surface area contributed by atoms with Gasteiger partial charge in [0, 0.05) is 19.1 Å². The van der Waals surface area contributed by atoms with E-state index in [1.807, 2.05) is 97.4 Å². The zero-order chi connectivity index (χ0) is 26.5. The summed E-state index contributed by atoms with van der Waals surface area (Å²) in [4.78, 5) is 2.32. The van der Waals surface area contributed by atoms with Crippen molar-refractivity contribution in [2.75, 3.05) is 20.3 Å². The summed E-state index contributed by atoms with van der Waals surface area (Å²) < 4.78 is 19.9. The van der Waals surface area contributed by atoms with Crippen molar-refractivity contribution in [3.8, 4) is 28.8 Å². The topological polar surface area (TPSA) is 69.0 Å². The average Bonchev–Trinajstić information content (AvgIpc) is 3.74. The van der Waals surface area contributed by atoms with Gasteiger partial charge in [0.05, 0.1) is 24.1 Å². The summed E-state index contributed by atoms with van der Waals surface area (Å²) in [5.41, 5.74) is 3.84. The highest BCUT2D eigenvalue weighted by atomic mass is 16.5. The Morgan fingerprint density at radius 1 is 0.921 bits per heavy atom. The number of aryl methyl sites for hydroxylation is 2. The van der Waals surface area contributed by atoms with Gasteiger partial charge in [0.2, 0.25) is 5.88 Å². The molecular weight excluding hydrogens is 478 g/mol. The number of ether oxygens (including phenoxy) is 3. The Kier molecular flexibility index (Phi) is 7.96. The third kappa shape index (κ3) is 6.01. The van der Waals surface area contributed by atoms with Gasteiger partial charge in [-0.3, -0.25) is 4.90 Å². The SMILES string of the molecule is COc1ccccc1Oc1c(CN(CC(O)COc2ccccc2C)C2CC2)c(C)nn1-c1ccccc1. The molecule has 7 heteroatoms. The summed E-state index contributed by atoms with van der Waals surface area (Å²) >= 11 is 0. The zero-order valence-corrected chi connectivity index (χ0v) is 22.2. The van der Waals surface area contributed by atoms with Crippen molar-refractivity contribution in [3.05, 3.63) is 95.7 Å². The largest absolute Gasteiger partial charge is 0.493 e. The highest BCUT2D eigenvalue weighted by Gasteiger charge is 2.33. The van der Waals surface area contributed by atoms with Crippen LogP contribution in [0.2, 0.25) is 0 Å². The molecule has 1 aliphatic carbocycles. The number of hydrogen-bond donors (Lipinski definition) is 1. The second-order valence-electron chi connectivity index (χ2n) is 9.76. The van der Waals surface area contributed by atoms with Gasteiger partial charge < -0.3 is 19.3 Å². The number of aliphatic hydroxyl groups is 1. The van der Waals surface area contributed by atoms with Gasteiger partial charge in [-0.2, -0.15) is 5.10 Å². The molecule has 1 N–H and O–H groups in total. The van der Waals surface area contributed by atoms with Gasteiger partial charge in [-0.05, 0) is 62.6 Å². The molecule has 5 rings (SSSR count). The fourth-order valence-corrected chi connectivity index (χ4v) is 4.59. The van der Waals surface area contributed by atoms with E-state index in [1.165, 1.54) is 0 Å². The summed E-state index contributed by atoms with van der Waals surface area (Å²) in [7, 11) is 1.64. The molecule has 1 aliphatic rings. The van der Waals surface area contributed by atoms with Crippen LogP contribution in [0.1, 0.15) is 29.7 Å². The van der Waals surface area contributed by atoms with Crippen molar-refractivity contribution >= 4 is 0 Å². The molecule has 0 bridgehead atoms. The van der Waals surface area contributed by atoms with E-state index in [1.54, 1.807) is 7.11 Å². The van der Waals surface area contributed by atoms with Crippen LogP contribution in [-0.2, 0) is 6.54 Å². The third-order valence-electron chi connectivity index (χ3n) is 6.81. The van der Waals surface area contributed by atoms with Crippen molar-refractivity contribution in [3.63, 3.8) is 0 Å². The lowest BCUT2D eigenvalue weighted by molar-refractivity contribution is 0.0621. The molecule has 0 aliphatic heterocycles. The molecule has 1 fully saturated rings. The van der Waals surface area contributed by atoms with E-state index in [0.717, 1.165) is 41.1 Å². The lowest BCUT2D eigenvalue weighted by Crippen LogP contribution is -2.37. The smallest absolute Gasteiger partial charge is 0.227 e. The molecule has 1 atom stereocenters. The van der Waals surface area contributed by atoms with Crippen molar-refractivity contribution in [2.45, 2.75) is 45.4 Å². The van der Waals surface area contributed by atoms with Crippen molar-refractivity contribution in [1.82, 2.24) is 14.7 Å². The van der Waals surface area contributed by atoms with Crippen LogP contribution in [-0.4, -0.2) is 52.2 Å². The van der Waals surface area contributed by atoms with Crippen LogP contribution in [0, 0.1) is 13.8 Å². The number of nitrogens with zero attached hydrogens (tertiary/aromatic N) is 3. The average molecular weight is 514 g/mol. The maximum absolute atomic E-state index is 10.9. The minimum atomic E-state index is -0.627. The summed E-state index contributed by atoms with van der Waals surface area (Å²) in [5.74, 6) is 2.73. The van der Waals surface area contributed by atoms with Gasteiger partial charge in [-0.1, -0.05) is 48.5 Å². The molecule has 0 amide bonds. The first-order valence-electron chi connectivity index (χ1n) is 13.1. The second-order valence-corrected chi connectivity index (χ2v) is 9.76. The Bertz CT molecular complexity index is 1350. The Balaban J connectivity index is 1.40.